The lowest BCUT2D eigenvalue weighted by molar-refractivity contribution is -0.126. The summed E-state index contributed by atoms with van der Waals surface area (Å²) in [4.78, 5) is 21.7. The Kier molecular flexibility index (Phi) is 4.73. The molecule has 0 fully saturated rings. The van der Waals surface area contributed by atoms with E-state index in [1.54, 1.807) is 24.3 Å². The maximum absolute atomic E-state index is 11.2. The maximum atomic E-state index is 11.2. The third-order valence-electron chi connectivity index (χ3n) is 1.88. The van der Waals surface area contributed by atoms with Gasteiger partial charge in [-0.05, 0) is 12.1 Å². The summed E-state index contributed by atoms with van der Waals surface area (Å²) in [6.07, 6.45) is -1.39. The molecule has 0 saturated heterocycles. The van der Waals surface area contributed by atoms with Crippen molar-refractivity contribution in [2.75, 3.05) is 6.54 Å². The second-order valence-corrected chi connectivity index (χ2v) is 3.24. The summed E-state index contributed by atoms with van der Waals surface area (Å²) in [6.45, 7) is -0.238. The van der Waals surface area contributed by atoms with Crippen LogP contribution in [0.25, 0.3) is 0 Å². The monoisotopic (exact) mass is 232 g/mol. The number of benzene rings is 1. The average Bonchev–Trinajstić information content (AvgIpc) is 2.34. The molecular weight excluding hydrogens is 220 g/mol. The maximum Gasteiger partial charge on any atom is 0.296 e. The van der Waals surface area contributed by atoms with Crippen molar-refractivity contribution in [3.8, 4) is 11.8 Å². The van der Waals surface area contributed by atoms with Crippen LogP contribution in [0, 0.1) is 11.8 Å². The Hall–Kier alpha value is -2.32. The van der Waals surface area contributed by atoms with Gasteiger partial charge in [0.05, 0.1) is 6.54 Å². The van der Waals surface area contributed by atoms with Gasteiger partial charge in [-0.1, -0.05) is 24.1 Å². The molecule has 0 aliphatic carbocycles. The molecular formula is C12H12N2O3. The lowest BCUT2D eigenvalue weighted by atomic mass is 10.2. The third kappa shape index (κ3) is 4.82. The first-order valence-electron chi connectivity index (χ1n) is 4.92. The minimum Gasteiger partial charge on any atom is -0.381 e. The van der Waals surface area contributed by atoms with Crippen molar-refractivity contribution in [3.05, 3.63) is 35.9 Å². The van der Waals surface area contributed by atoms with Gasteiger partial charge in [-0.2, -0.15) is 0 Å². The van der Waals surface area contributed by atoms with Crippen molar-refractivity contribution >= 4 is 11.8 Å². The van der Waals surface area contributed by atoms with Gasteiger partial charge in [0.15, 0.2) is 0 Å². The topological polar surface area (TPSA) is 92.4 Å². The Morgan fingerprint density at radius 1 is 1.35 bits per heavy atom. The largest absolute Gasteiger partial charge is 0.381 e. The standard InChI is InChI=1S/C12H12N2O3/c13-12(17)10(15)8-14-11(16)7-6-9-4-2-1-3-5-9/h1-5,10,15H,8H2,(H2,13,17)(H,14,16). The molecule has 0 radical (unpaired) electrons. The van der Waals surface area contributed by atoms with Crippen LogP contribution in [0.4, 0.5) is 0 Å². The van der Waals surface area contributed by atoms with Gasteiger partial charge in [0.1, 0.15) is 6.10 Å². The van der Waals surface area contributed by atoms with Gasteiger partial charge >= 0.3 is 0 Å². The van der Waals surface area contributed by atoms with E-state index in [-0.39, 0.29) is 6.54 Å². The number of carbonyl (C=O) groups is 2. The van der Waals surface area contributed by atoms with Crippen molar-refractivity contribution in [1.82, 2.24) is 5.32 Å². The van der Waals surface area contributed by atoms with Crippen LogP contribution in [0.3, 0.4) is 0 Å². The Bertz CT molecular complexity index is 460. The molecule has 0 bridgehead atoms. The van der Waals surface area contributed by atoms with E-state index in [1.165, 1.54) is 0 Å². The molecule has 2 amide bonds. The minimum absolute atomic E-state index is 0.238. The molecule has 88 valence electrons. The first-order chi connectivity index (χ1) is 8.09. The molecule has 1 aromatic rings. The summed E-state index contributed by atoms with van der Waals surface area (Å²) in [7, 11) is 0. The highest BCUT2D eigenvalue weighted by atomic mass is 16.3. The lowest BCUT2D eigenvalue weighted by Gasteiger charge is -2.04. The fourth-order valence-electron chi connectivity index (χ4n) is 0.985. The second kappa shape index (κ2) is 6.30. The van der Waals surface area contributed by atoms with Crippen LogP contribution in [0.2, 0.25) is 0 Å². The van der Waals surface area contributed by atoms with E-state index in [9.17, 15) is 9.59 Å². The van der Waals surface area contributed by atoms with Gasteiger partial charge in [-0.15, -0.1) is 0 Å². The molecule has 0 spiro atoms. The van der Waals surface area contributed by atoms with E-state index in [1.807, 2.05) is 6.07 Å². The van der Waals surface area contributed by atoms with Crippen molar-refractivity contribution in [2.24, 2.45) is 5.73 Å². The zero-order chi connectivity index (χ0) is 12.7. The van der Waals surface area contributed by atoms with E-state index in [2.05, 4.69) is 17.2 Å². The second-order valence-electron chi connectivity index (χ2n) is 3.24. The molecule has 0 heterocycles. The van der Waals surface area contributed by atoms with Crippen LogP contribution < -0.4 is 11.1 Å². The Morgan fingerprint density at radius 2 is 2.00 bits per heavy atom. The van der Waals surface area contributed by atoms with Crippen LogP contribution in [-0.4, -0.2) is 29.6 Å². The normalized spacial score (nSPS) is 10.9. The number of primary amides is 1. The Labute approximate surface area is 98.6 Å². The zero-order valence-electron chi connectivity index (χ0n) is 9.01. The Morgan fingerprint density at radius 3 is 2.59 bits per heavy atom. The molecule has 0 aliphatic rings. The van der Waals surface area contributed by atoms with Gasteiger partial charge < -0.3 is 16.2 Å². The number of hydrogen-bond acceptors (Lipinski definition) is 3. The molecule has 1 unspecified atom stereocenters. The molecule has 17 heavy (non-hydrogen) atoms. The molecule has 1 atom stereocenters. The minimum atomic E-state index is -1.39. The first-order valence-corrected chi connectivity index (χ1v) is 4.92. The van der Waals surface area contributed by atoms with Gasteiger partial charge in [-0.3, -0.25) is 9.59 Å². The Balaban J connectivity index is 2.46. The first kappa shape index (κ1) is 12.7. The van der Waals surface area contributed by atoms with Crippen LogP contribution in [0.5, 0.6) is 0 Å². The molecule has 1 rings (SSSR count). The smallest absolute Gasteiger partial charge is 0.296 e. The SMILES string of the molecule is NC(=O)C(O)CNC(=O)C#Cc1ccccc1. The number of hydrogen-bond donors (Lipinski definition) is 3. The summed E-state index contributed by atoms with van der Waals surface area (Å²) < 4.78 is 0. The van der Waals surface area contributed by atoms with Crippen molar-refractivity contribution < 1.29 is 14.7 Å². The molecule has 0 saturated carbocycles. The fraction of sp³-hybridized carbons (Fsp3) is 0.167. The van der Waals surface area contributed by atoms with Gasteiger partial charge in [0.25, 0.3) is 5.91 Å². The summed E-state index contributed by atoms with van der Waals surface area (Å²) in [5.41, 5.74) is 5.52. The van der Waals surface area contributed by atoms with Crippen LogP contribution >= 0.6 is 0 Å². The van der Waals surface area contributed by atoms with Gasteiger partial charge in [0.2, 0.25) is 5.91 Å². The molecule has 4 N–H and O–H groups in total. The third-order valence-corrected chi connectivity index (χ3v) is 1.88. The predicted octanol–water partition coefficient (Wildman–Crippen LogP) is -0.999. The van der Waals surface area contributed by atoms with Gasteiger partial charge in [0, 0.05) is 11.5 Å². The predicted molar refractivity (Wildman–Crippen MR) is 61.5 cm³/mol. The molecule has 5 nitrogen and oxygen atoms in total. The quantitative estimate of drug-likeness (QED) is 0.584. The van der Waals surface area contributed by atoms with Crippen molar-refractivity contribution in [2.45, 2.75) is 6.10 Å². The van der Waals surface area contributed by atoms with E-state index in [4.69, 9.17) is 10.8 Å². The van der Waals surface area contributed by atoms with Crippen LogP contribution in [-0.2, 0) is 9.59 Å². The van der Waals surface area contributed by atoms with E-state index in [0.717, 1.165) is 0 Å². The molecule has 0 aliphatic heterocycles. The number of nitrogens with two attached hydrogens (primary N) is 1. The van der Waals surface area contributed by atoms with Crippen molar-refractivity contribution in [3.63, 3.8) is 0 Å². The number of amides is 2. The lowest BCUT2D eigenvalue weighted by Crippen LogP contribution is -2.39. The number of aliphatic hydroxyl groups is 1. The number of rotatable bonds is 3. The summed E-state index contributed by atoms with van der Waals surface area (Å²) >= 11 is 0. The highest BCUT2D eigenvalue weighted by Gasteiger charge is 2.10. The summed E-state index contributed by atoms with van der Waals surface area (Å²) in [6, 6.07) is 8.98. The highest BCUT2D eigenvalue weighted by Crippen LogP contribution is 1.94. The van der Waals surface area contributed by atoms with Crippen LogP contribution in [0.1, 0.15) is 5.56 Å². The highest BCUT2D eigenvalue weighted by molar-refractivity contribution is 5.94. The number of nitrogens with one attached hydrogen (secondary N) is 1. The van der Waals surface area contributed by atoms with Crippen LogP contribution in [0.15, 0.2) is 30.3 Å². The summed E-state index contributed by atoms with van der Waals surface area (Å²) in [5, 5.41) is 11.3. The number of aliphatic hydroxyl groups excluding tert-OH is 1. The molecule has 0 aromatic heterocycles. The van der Waals surface area contributed by atoms with E-state index in [0.29, 0.717) is 5.56 Å². The fourth-order valence-corrected chi connectivity index (χ4v) is 0.985. The number of carbonyl (C=O) groups excluding carboxylic acids is 2. The molecule has 5 heteroatoms. The van der Waals surface area contributed by atoms with E-state index >= 15 is 0 Å². The van der Waals surface area contributed by atoms with E-state index < -0.39 is 17.9 Å². The average molecular weight is 232 g/mol. The zero-order valence-corrected chi connectivity index (χ0v) is 9.01. The molecule has 1 aromatic carbocycles. The summed E-state index contributed by atoms with van der Waals surface area (Å²) in [5.74, 6) is 3.50. The van der Waals surface area contributed by atoms with Crippen molar-refractivity contribution in [1.29, 1.82) is 0 Å². The van der Waals surface area contributed by atoms with Gasteiger partial charge in [-0.25, -0.2) is 0 Å².